The van der Waals surface area contributed by atoms with Crippen molar-refractivity contribution in [1.29, 1.82) is 0 Å². The third-order valence-electron chi connectivity index (χ3n) is 6.82. The largest absolute Gasteiger partial charge is 0.369 e. The molecule has 2 N–H and O–H groups in total. The number of carbonyl (C=O) groups excluding carboxylic acids is 2. The molecule has 0 radical (unpaired) electrons. The number of rotatable bonds is 4. The Balaban J connectivity index is 1.87. The van der Waals surface area contributed by atoms with Crippen molar-refractivity contribution in [2.24, 2.45) is 27.1 Å². The molecule has 0 spiro atoms. The first kappa shape index (κ1) is 19.3. The van der Waals surface area contributed by atoms with Crippen molar-refractivity contribution in [3.05, 3.63) is 38.9 Å². The molecule has 2 atom stereocenters. The Morgan fingerprint density at radius 1 is 1.30 bits per heavy atom. The van der Waals surface area contributed by atoms with E-state index in [1.165, 1.54) is 12.1 Å². The summed E-state index contributed by atoms with van der Waals surface area (Å²) in [6.07, 6.45) is 1.72. The number of oxime groups is 1. The molecule has 2 fully saturated rings. The Kier molecular flexibility index (Phi) is 4.30. The topological polar surface area (TPSA) is 125 Å². The van der Waals surface area contributed by atoms with E-state index in [-0.39, 0.29) is 22.2 Å². The smallest absolute Gasteiger partial charge is 0.365 e. The van der Waals surface area contributed by atoms with Crippen molar-refractivity contribution in [2.75, 3.05) is 0 Å². The molecular weight excluding hydrogens is 374 g/mol. The van der Waals surface area contributed by atoms with E-state index in [2.05, 4.69) is 5.16 Å². The zero-order valence-corrected chi connectivity index (χ0v) is 16.0. The molecule has 9 heteroatoms. The fraction of sp³-hybridized carbons (Fsp3) is 0.500. The number of carbonyl (C=O) groups is 2. The molecule has 0 heterocycles. The molecule has 1 aromatic rings. The summed E-state index contributed by atoms with van der Waals surface area (Å²) in [7, 11) is 0. The van der Waals surface area contributed by atoms with Crippen LogP contribution in [0.5, 0.6) is 0 Å². The zero-order chi connectivity index (χ0) is 20.2. The second-order valence-electron chi connectivity index (χ2n) is 7.92. The molecule has 2 aliphatic carbocycles. The third-order valence-corrected chi connectivity index (χ3v) is 7.14. The van der Waals surface area contributed by atoms with Gasteiger partial charge in [0.05, 0.1) is 21.6 Å². The molecule has 2 aliphatic rings. The highest BCUT2D eigenvalue weighted by Crippen LogP contribution is 2.70. The normalized spacial score (nSPS) is 29.7. The van der Waals surface area contributed by atoms with Crippen LogP contribution in [0.2, 0.25) is 5.02 Å². The first-order valence-electron chi connectivity index (χ1n) is 8.49. The van der Waals surface area contributed by atoms with Crippen LogP contribution < -0.4 is 5.73 Å². The molecule has 27 heavy (non-hydrogen) atoms. The number of nitrogens with two attached hydrogens (primary N) is 1. The van der Waals surface area contributed by atoms with E-state index in [4.69, 9.17) is 22.2 Å². The van der Waals surface area contributed by atoms with Gasteiger partial charge in [0.15, 0.2) is 0 Å². The van der Waals surface area contributed by atoms with Crippen LogP contribution in [0.15, 0.2) is 23.4 Å². The van der Waals surface area contributed by atoms with E-state index >= 15 is 0 Å². The standard InChI is InChI=1S/C18H20ClN3O5/c1-16(2)17(3)6-7-18(16,15(20)24)9-13(17)21-27-14(23)10-4-5-11(19)12(8-10)22(25)26/h4-5,8H,6-7,9H2,1-3H3,(H2,20,24). The molecule has 2 bridgehead atoms. The monoisotopic (exact) mass is 393 g/mol. The lowest BCUT2D eigenvalue weighted by Gasteiger charge is -2.38. The Morgan fingerprint density at radius 3 is 2.52 bits per heavy atom. The number of fused-ring (bicyclic) bond motifs is 2. The first-order chi connectivity index (χ1) is 12.5. The van der Waals surface area contributed by atoms with E-state index in [9.17, 15) is 19.7 Å². The van der Waals surface area contributed by atoms with Gasteiger partial charge in [0, 0.05) is 17.9 Å². The van der Waals surface area contributed by atoms with Crippen LogP contribution in [0.1, 0.15) is 50.4 Å². The average Bonchev–Trinajstić information content (AvgIpc) is 2.90. The molecule has 144 valence electrons. The van der Waals surface area contributed by atoms with Crippen molar-refractivity contribution in [1.82, 2.24) is 0 Å². The molecule has 0 aliphatic heterocycles. The average molecular weight is 394 g/mol. The Morgan fingerprint density at radius 2 is 1.96 bits per heavy atom. The van der Waals surface area contributed by atoms with Gasteiger partial charge in [-0.25, -0.2) is 4.79 Å². The molecule has 0 saturated heterocycles. The fourth-order valence-corrected chi connectivity index (χ4v) is 4.68. The Labute approximate surface area is 160 Å². The van der Waals surface area contributed by atoms with E-state index in [0.29, 0.717) is 25.0 Å². The lowest BCUT2D eigenvalue weighted by atomic mass is 9.64. The van der Waals surface area contributed by atoms with Crippen molar-refractivity contribution >= 4 is 34.9 Å². The van der Waals surface area contributed by atoms with Crippen molar-refractivity contribution < 1.29 is 19.3 Å². The van der Waals surface area contributed by atoms with Gasteiger partial charge in [-0.1, -0.05) is 37.5 Å². The second-order valence-corrected chi connectivity index (χ2v) is 8.33. The minimum absolute atomic E-state index is 0.0346. The van der Waals surface area contributed by atoms with Gasteiger partial charge in [0.1, 0.15) is 5.02 Å². The van der Waals surface area contributed by atoms with Crippen molar-refractivity contribution in [3.63, 3.8) is 0 Å². The summed E-state index contributed by atoms with van der Waals surface area (Å²) in [6.45, 7) is 5.96. The molecule has 2 saturated carbocycles. The number of nitro groups is 1. The maximum Gasteiger partial charge on any atom is 0.365 e. The van der Waals surface area contributed by atoms with Crippen LogP contribution in [0.4, 0.5) is 5.69 Å². The third kappa shape index (κ3) is 2.54. The van der Waals surface area contributed by atoms with Crippen LogP contribution in [0.3, 0.4) is 0 Å². The number of nitrogens with zero attached hydrogens (tertiary/aromatic N) is 2. The van der Waals surface area contributed by atoms with Gasteiger partial charge in [-0.3, -0.25) is 14.9 Å². The van der Waals surface area contributed by atoms with E-state index < -0.39 is 27.1 Å². The molecule has 8 nitrogen and oxygen atoms in total. The maximum atomic E-state index is 12.3. The molecule has 1 aromatic carbocycles. The predicted octanol–water partition coefficient (Wildman–Crippen LogP) is 3.46. The molecule has 1 amide bonds. The minimum Gasteiger partial charge on any atom is -0.369 e. The fourth-order valence-electron chi connectivity index (χ4n) is 4.49. The minimum atomic E-state index is -0.834. The molecule has 3 rings (SSSR count). The van der Waals surface area contributed by atoms with Crippen LogP contribution in [-0.4, -0.2) is 22.5 Å². The highest BCUT2D eigenvalue weighted by molar-refractivity contribution is 6.32. The van der Waals surface area contributed by atoms with E-state index in [1.54, 1.807) is 0 Å². The van der Waals surface area contributed by atoms with Crippen LogP contribution in [0.25, 0.3) is 0 Å². The summed E-state index contributed by atoms with van der Waals surface area (Å²) in [5.41, 5.74) is 4.32. The molecule has 0 aromatic heterocycles. The molecular formula is C18H20ClN3O5. The SMILES string of the molecule is CC12CCC(C(N)=O)(CC1=NOC(=O)c1ccc(Cl)c([N+](=O)[O-])c1)C2(C)C. The van der Waals surface area contributed by atoms with E-state index in [0.717, 1.165) is 6.07 Å². The summed E-state index contributed by atoms with van der Waals surface area (Å²) in [4.78, 5) is 39.8. The van der Waals surface area contributed by atoms with Gasteiger partial charge in [0.25, 0.3) is 5.69 Å². The lowest BCUT2D eigenvalue weighted by Crippen LogP contribution is -2.44. The highest BCUT2D eigenvalue weighted by Gasteiger charge is 2.71. The van der Waals surface area contributed by atoms with Crippen LogP contribution in [-0.2, 0) is 9.63 Å². The van der Waals surface area contributed by atoms with Gasteiger partial charge in [-0.2, -0.15) is 0 Å². The predicted molar refractivity (Wildman–Crippen MR) is 98.3 cm³/mol. The summed E-state index contributed by atoms with van der Waals surface area (Å²) in [6, 6.07) is 3.63. The summed E-state index contributed by atoms with van der Waals surface area (Å²) < 4.78 is 0. The lowest BCUT2D eigenvalue weighted by molar-refractivity contribution is -0.384. The van der Waals surface area contributed by atoms with Gasteiger partial charge in [-0.05, 0) is 30.4 Å². The van der Waals surface area contributed by atoms with E-state index in [1.807, 2.05) is 20.8 Å². The zero-order valence-electron chi connectivity index (χ0n) is 15.2. The summed E-state index contributed by atoms with van der Waals surface area (Å²) >= 11 is 5.75. The number of hydrogen-bond donors (Lipinski definition) is 1. The Hall–Kier alpha value is -2.48. The van der Waals surface area contributed by atoms with Crippen molar-refractivity contribution in [2.45, 2.75) is 40.0 Å². The van der Waals surface area contributed by atoms with Gasteiger partial charge >= 0.3 is 5.97 Å². The first-order valence-corrected chi connectivity index (χ1v) is 8.87. The number of halogens is 1. The number of amides is 1. The second kappa shape index (κ2) is 6.02. The quantitative estimate of drug-likeness (QED) is 0.476. The van der Waals surface area contributed by atoms with Crippen molar-refractivity contribution in [3.8, 4) is 0 Å². The van der Waals surface area contributed by atoms with Gasteiger partial charge < -0.3 is 10.6 Å². The van der Waals surface area contributed by atoms with Crippen LogP contribution >= 0.6 is 11.6 Å². The Bertz CT molecular complexity index is 897. The maximum absolute atomic E-state index is 12.3. The number of primary amides is 1. The number of benzene rings is 1. The van der Waals surface area contributed by atoms with Gasteiger partial charge in [0.2, 0.25) is 5.91 Å². The number of nitro benzene ring substituents is 1. The number of hydrogen-bond acceptors (Lipinski definition) is 6. The molecule has 2 unspecified atom stereocenters. The highest BCUT2D eigenvalue weighted by atomic mass is 35.5. The summed E-state index contributed by atoms with van der Waals surface area (Å²) in [5, 5.41) is 14.9. The summed E-state index contributed by atoms with van der Waals surface area (Å²) in [5.74, 6) is -1.21. The van der Waals surface area contributed by atoms with Gasteiger partial charge in [-0.15, -0.1) is 0 Å². The van der Waals surface area contributed by atoms with Crippen LogP contribution in [0, 0.1) is 26.4 Å².